The average molecular weight is 244 g/mol. The van der Waals surface area contributed by atoms with E-state index in [1.165, 1.54) is 0 Å². The van der Waals surface area contributed by atoms with Crippen LogP contribution >= 0.6 is 0 Å². The summed E-state index contributed by atoms with van der Waals surface area (Å²) in [5, 5.41) is 3.15. The van der Waals surface area contributed by atoms with Gasteiger partial charge >= 0.3 is 0 Å². The monoisotopic (exact) mass is 244 g/mol. The normalized spacial score (nSPS) is 20.6. The quantitative estimate of drug-likeness (QED) is 0.191. The number of rotatable bonds is 7. The van der Waals surface area contributed by atoms with Gasteiger partial charge in [-0.2, -0.15) is 0 Å². The Bertz CT molecular complexity index is 218. The van der Waals surface area contributed by atoms with Crippen molar-refractivity contribution in [2.75, 3.05) is 39.5 Å². The van der Waals surface area contributed by atoms with E-state index in [0.717, 1.165) is 52.4 Å². The fourth-order valence-electron chi connectivity index (χ4n) is 1.63. The van der Waals surface area contributed by atoms with Crippen LogP contribution in [0.15, 0.2) is 4.99 Å². The lowest BCUT2D eigenvalue weighted by atomic mass is 10.1. The van der Waals surface area contributed by atoms with Gasteiger partial charge in [0.25, 0.3) is 0 Å². The lowest BCUT2D eigenvalue weighted by molar-refractivity contribution is 0.145. The third-order valence-electron chi connectivity index (χ3n) is 2.63. The smallest absolute Gasteiger partial charge is 0.205 e. The molecule has 1 aliphatic heterocycles. The lowest BCUT2D eigenvalue weighted by Crippen LogP contribution is -2.42. The van der Waals surface area contributed by atoms with Crippen molar-refractivity contribution in [3.63, 3.8) is 0 Å². The van der Waals surface area contributed by atoms with Crippen LogP contribution in [0, 0.1) is 5.92 Å². The first-order valence-electron chi connectivity index (χ1n) is 6.27. The molecule has 1 rings (SSSR count). The molecule has 1 saturated heterocycles. The van der Waals surface area contributed by atoms with Crippen LogP contribution in [0.3, 0.4) is 0 Å². The molecule has 4 N–H and O–H groups in total. The second-order valence-corrected chi connectivity index (χ2v) is 4.04. The number of guanidine groups is 1. The fraction of sp³-hybridized carbons (Fsp3) is 0.909. The first kappa shape index (κ1) is 14.2. The summed E-state index contributed by atoms with van der Waals surface area (Å²) in [5.74, 6) is 6.57. The predicted octanol–water partition coefficient (Wildman–Crippen LogP) is -0.142. The van der Waals surface area contributed by atoms with E-state index < -0.39 is 0 Å². The minimum atomic E-state index is 0.531. The first-order chi connectivity index (χ1) is 8.36. The van der Waals surface area contributed by atoms with Gasteiger partial charge in [0.05, 0.1) is 6.61 Å². The van der Waals surface area contributed by atoms with Crippen LogP contribution in [0.1, 0.15) is 19.8 Å². The standard InChI is InChI=1S/C11H24N4O2/c1-2-16-6-3-5-13-11(15-12)14-8-10-4-7-17-9-10/h10H,2-9,12H2,1H3,(H2,13,14,15). The van der Waals surface area contributed by atoms with Crippen LogP contribution in [0.4, 0.5) is 0 Å². The van der Waals surface area contributed by atoms with Crippen molar-refractivity contribution in [1.29, 1.82) is 0 Å². The fourth-order valence-corrected chi connectivity index (χ4v) is 1.63. The minimum absolute atomic E-state index is 0.531. The molecule has 0 aromatic carbocycles. The van der Waals surface area contributed by atoms with Gasteiger partial charge in [-0.15, -0.1) is 0 Å². The number of nitrogens with one attached hydrogen (secondary N) is 2. The van der Waals surface area contributed by atoms with E-state index in [4.69, 9.17) is 15.3 Å². The summed E-state index contributed by atoms with van der Waals surface area (Å²) in [6, 6.07) is 0. The predicted molar refractivity (Wildman–Crippen MR) is 67.7 cm³/mol. The molecular weight excluding hydrogens is 220 g/mol. The summed E-state index contributed by atoms with van der Waals surface area (Å²) in [6.07, 6.45) is 2.03. The Balaban J connectivity index is 2.10. The molecule has 17 heavy (non-hydrogen) atoms. The number of nitrogens with zero attached hydrogens (tertiary/aromatic N) is 1. The molecule has 6 nitrogen and oxygen atoms in total. The Labute approximate surface area is 103 Å². The van der Waals surface area contributed by atoms with E-state index in [1.54, 1.807) is 0 Å². The average Bonchev–Trinajstić information content (AvgIpc) is 2.86. The molecule has 0 aromatic heterocycles. The van der Waals surface area contributed by atoms with Crippen molar-refractivity contribution in [2.24, 2.45) is 16.8 Å². The van der Waals surface area contributed by atoms with Crippen molar-refractivity contribution in [1.82, 2.24) is 10.7 Å². The summed E-state index contributed by atoms with van der Waals surface area (Å²) < 4.78 is 10.5. The maximum Gasteiger partial charge on any atom is 0.205 e. The zero-order valence-corrected chi connectivity index (χ0v) is 10.6. The molecule has 0 bridgehead atoms. The molecule has 0 radical (unpaired) electrons. The number of hydrogen-bond acceptors (Lipinski definition) is 4. The minimum Gasteiger partial charge on any atom is -0.382 e. The van der Waals surface area contributed by atoms with Crippen molar-refractivity contribution in [3.05, 3.63) is 0 Å². The van der Waals surface area contributed by atoms with E-state index in [-0.39, 0.29) is 0 Å². The van der Waals surface area contributed by atoms with E-state index in [0.29, 0.717) is 11.9 Å². The number of nitrogens with two attached hydrogens (primary N) is 1. The van der Waals surface area contributed by atoms with Gasteiger partial charge in [0, 0.05) is 38.8 Å². The Kier molecular flexibility index (Phi) is 7.70. The van der Waals surface area contributed by atoms with Gasteiger partial charge in [-0.25, -0.2) is 5.84 Å². The van der Waals surface area contributed by atoms with Gasteiger partial charge in [0.1, 0.15) is 0 Å². The van der Waals surface area contributed by atoms with Gasteiger partial charge in [-0.1, -0.05) is 0 Å². The van der Waals surface area contributed by atoms with Crippen molar-refractivity contribution in [2.45, 2.75) is 19.8 Å². The summed E-state index contributed by atoms with van der Waals surface area (Å²) in [4.78, 5) is 4.39. The van der Waals surface area contributed by atoms with Gasteiger partial charge in [-0.05, 0) is 19.8 Å². The summed E-state index contributed by atoms with van der Waals surface area (Å²) in [7, 11) is 0. The van der Waals surface area contributed by atoms with Crippen LogP contribution < -0.4 is 16.6 Å². The Hall–Kier alpha value is -0.850. The molecule has 0 aromatic rings. The maximum absolute atomic E-state index is 5.39. The number of ether oxygens (including phenoxy) is 2. The summed E-state index contributed by atoms with van der Waals surface area (Å²) in [5.41, 5.74) is 2.57. The highest BCUT2D eigenvalue weighted by molar-refractivity contribution is 5.79. The highest BCUT2D eigenvalue weighted by atomic mass is 16.5. The molecule has 0 amide bonds. The lowest BCUT2D eigenvalue weighted by Gasteiger charge is -2.10. The van der Waals surface area contributed by atoms with Crippen LogP contribution in [0.25, 0.3) is 0 Å². The Morgan fingerprint density at radius 2 is 2.47 bits per heavy atom. The number of hydrogen-bond donors (Lipinski definition) is 3. The Morgan fingerprint density at radius 3 is 3.12 bits per heavy atom. The molecular formula is C11H24N4O2. The van der Waals surface area contributed by atoms with E-state index >= 15 is 0 Å². The topological polar surface area (TPSA) is 80.9 Å². The van der Waals surface area contributed by atoms with Crippen LogP contribution in [0.5, 0.6) is 0 Å². The molecule has 0 spiro atoms. The summed E-state index contributed by atoms with van der Waals surface area (Å²) in [6.45, 7) is 6.75. The largest absolute Gasteiger partial charge is 0.382 e. The number of aliphatic imine (C=N–C) groups is 1. The zero-order valence-electron chi connectivity index (χ0n) is 10.6. The van der Waals surface area contributed by atoms with Crippen LogP contribution in [-0.2, 0) is 9.47 Å². The molecule has 1 unspecified atom stereocenters. The molecule has 0 aliphatic carbocycles. The molecule has 1 fully saturated rings. The zero-order chi connectivity index (χ0) is 12.3. The SMILES string of the molecule is CCOCCCNC(=NCC1CCOC1)NN. The summed E-state index contributed by atoms with van der Waals surface area (Å²) >= 11 is 0. The second kappa shape index (κ2) is 9.21. The molecule has 100 valence electrons. The second-order valence-electron chi connectivity index (χ2n) is 4.04. The maximum atomic E-state index is 5.39. The van der Waals surface area contributed by atoms with Crippen molar-refractivity contribution >= 4 is 5.96 Å². The Morgan fingerprint density at radius 1 is 1.59 bits per heavy atom. The molecule has 0 saturated carbocycles. The van der Waals surface area contributed by atoms with Gasteiger partial charge in [-0.3, -0.25) is 10.4 Å². The van der Waals surface area contributed by atoms with E-state index in [2.05, 4.69) is 15.7 Å². The molecule has 1 atom stereocenters. The van der Waals surface area contributed by atoms with Crippen LogP contribution in [0.2, 0.25) is 0 Å². The number of hydrazine groups is 1. The molecule has 1 heterocycles. The highest BCUT2D eigenvalue weighted by Gasteiger charge is 2.14. The van der Waals surface area contributed by atoms with Crippen molar-refractivity contribution < 1.29 is 9.47 Å². The van der Waals surface area contributed by atoms with E-state index in [1.807, 2.05) is 6.92 Å². The molecule has 1 aliphatic rings. The van der Waals surface area contributed by atoms with E-state index in [9.17, 15) is 0 Å². The third-order valence-corrected chi connectivity index (χ3v) is 2.63. The molecule has 6 heteroatoms. The highest BCUT2D eigenvalue weighted by Crippen LogP contribution is 2.11. The van der Waals surface area contributed by atoms with Crippen LogP contribution in [-0.4, -0.2) is 45.5 Å². The van der Waals surface area contributed by atoms with Crippen molar-refractivity contribution in [3.8, 4) is 0 Å². The van der Waals surface area contributed by atoms with Gasteiger partial charge < -0.3 is 14.8 Å². The third kappa shape index (κ3) is 6.45. The first-order valence-corrected chi connectivity index (χ1v) is 6.27. The van der Waals surface area contributed by atoms with Gasteiger partial charge in [0.2, 0.25) is 5.96 Å². The van der Waals surface area contributed by atoms with Gasteiger partial charge in [0.15, 0.2) is 0 Å².